The number of carbonyl (C=O) groups is 4. The minimum atomic E-state index is -0.933. The van der Waals surface area contributed by atoms with E-state index in [9.17, 15) is 19.2 Å². The summed E-state index contributed by atoms with van der Waals surface area (Å²) in [4.78, 5) is 48.2. The maximum atomic E-state index is 12.1. The zero-order valence-electron chi connectivity index (χ0n) is 13.8. The highest BCUT2D eigenvalue weighted by Gasteiger charge is 2.29. The third-order valence-electron chi connectivity index (χ3n) is 2.94. The summed E-state index contributed by atoms with van der Waals surface area (Å²) in [6.07, 6.45) is 0. The molecule has 0 saturated carbocycles. The first kappa shape index (κ1) is 19.1. The molecule has 0 aliphatic heterocycles. The molecule has 0 N–H and O–H groups in total. The summed E-state index contributed by atoms with van der Waals surface area (Å²) in [5.41, 5.74) is -0.998. The van der Waals surface area contributed by atoms with Gasteiger partial charge in [-0.1, -0.05) is 0 Å². The summed E-state index contributed by atoms with van der Waals surface area (Å²) in [5.74, 6) is -3.48. The van der Waals surface area contributed by atoms with Crippen molar-refractivity contribution < 1.29 is 38.1 Å². The van der Waals surface area contributed by atoms with Gasteiger partial charge in [0, 0.05) is 0 Å². The third-order valence-corrected chi connectivity index (χ3v) is 2.94. The van der Waals surface area contributed by atoms with Gasteiger partial charge in [0.25, 0.3) is 0 Å². The highest BCUT2D eigenvalue weighted by Crippen LogP contribution is 2.22. The molecule has 0 aromatic heterocycles. The molecule has 0 amide bonds. The van der Waals surface area contributed by atoms with Crippen molar-refractivity contribution >= 4 is 23.9 Å². The molecule has 0 spiro atoms. The number of hydrogen-bond acceptors (Lipinski definition) is 8. The standard InChI is InChI=1S/C16H18O8/c1-5-23-14(18)10-7-9(13(17)21-3)8-11(15(19)24-6-2)12(10)16(20)22-4/h7-8H,5-6H2,1-4H3. The molecule has 0 aliphatic rings. The Kier molecular flexibility index (Phi) is 6.91. The minimum absolute atomic E-state index is 0.0383. The molecule has 0 atom stereocenters. The van der Waals surface area contributed by atoms with Crippen molar-refractivity contribution in [1.29, 1.82) is 0 Å². The molecule has 0 fully saturated rings. The average Bonchev–Trinajstić information content (AvgIpc) is 2.59. The minimum Gasteiger partial charge on any atom is -0.465 e. The Bertz CT molecular complexity index is 623. The van der Waals surface area contributed by atoms with Crippen LogP contribution in [0, 0.1) is 0 Å². The molecule has 0 radical (unpaired) electrons. The maximum absolute atomic E-state index is 12.1. The van der Waals surface area contributed by atoms with Crippen molar-refractivity contribution in [3.63, 3.8) is 0 Å². The number of carbonyl (C=O) groups excluding carboxylic acids is 4. The van der Waals surface area contributed by atoms with Crippen molar-refractivity contribution in [3.05, 3.63) is 34.4 Å². The van der Waals surface area contributed by atoms with Gasteiger partial charge in [-0.25, -0.2) is 19.2 Å². The van der Waals surface area contributed by atoms with Crippen LogP contribution in [0.2, 0.25) is 0 Å². The van der Waals surface area contributed by atoms with Crippen LogP contribution in [0.25, 0.3) is 0 Å². The highest BCUT2D eigenvalue weighted by molar-refractivity contribution is 6.12. The molecule has 1 aromatic carbocycles. The lowest BCUT2D eigenvalue weighted by atomic mass is 9.97. The monoisotopic (exact) mass is 338 g/mol. The van der Waals surface area contributed by atoms with Crippen LogP contribution in [0.4, 0.5) is 0 Å². The van der Waals surface area contributed by atoms with Gasteiger partial charge in [0.2, 0.25) is 0 Å². The predicted molar refractivity (Wildman–Crippen MR) is 81.0 cm³/mol. The first-order valence-electron chi connectivity index (χ1n) is 7.10. The van der Waals surface area contributed by atoms with Gasteiger partial charge in [0.15, 0.2) is 0 Å². The Hall–Kier alpha value is -2.90. The Morgan fingerprint density at radius 3 is 1.50 bits per heavy atom. The van der Waals surface area contributed by atoms with E-state index in [0.717, 1.165) is 26.4 Å². The van der Waals surface area contributed by atoms with E-state index in [2.05, 4.69) is 9.47 Å². The second kappa shape index (κ2) is 8.66. The molecular formula is C16H18O8. The number of esters is 4. The summed E-state index contributed by atoms with van der Waals surface area (Å²) < 4.78 is 19.0. The fourth-order valence-corrected chi connectivity index (χ4v) is 1.94. The largest absolute Gasteiger partial charge is 0.465 e. The second-order valence-electron chi connectivity index (χ2n) is 4.37. The normalized spacial score (nSPS) is 9.83. The SMILES string of the molecule is CCOC(=O)c1cc(C(=O)OC)cc(C(=O)OCC)c1C(=O)OC. The zero-order valence-corrected chi connectivity index (χ0v) is 13.8. The van der Waals surface area contributed by atoms with Crippen LogP contribution in [0.3, 0.4) is 0 Å². The topological polar surface area (TPSA) is 105 Å². The molecule has 0 saturated heterocycles. The number of rotatable bonds is 6. The Morgan fingerprint density at radius 2 is 1.17 bits per heavy atom. The van der Waals surface area contributed by atoms with E-state index in [-0.39, 0.29) is 35.5 Å². The van der Waals surface area contributed by atoms with Crippen molar-refractivity contribution in [2.75, 3.05) is 27.4 Å². The quantitative estimate of drug-likeness (QED) is 0.569. The van der Waals surface area contributed by atoms with E-state index >= 15 is 0 Å². The highest BCUT2D eigenvalue weighted by atomic mass is 16.5. The van der Waals surface area contributed by atoms with Crippen LogP contribution >= 0.6 is 0 Å². The van der Waals surface area contributed by atoms with E-state index in [1.165, 1.54) is 0 Å². The predicted octanol–water partition coefficient (Wildman–Crippen LogP) is 1.61. The van der Waals surface area contributed by atoms with E-state index < -0.39 is 23.9 Å². The molecule has 0 unspecified atom stereocenters. The van der Waals surface area contributed by atoms with Gasteiger partial charge in [-0.05, 0) is 26.0 Å². The van der Waals surface area contributed by atoms with Crippen molar-refractivity contribution in [1.82, 2.24) is 0 Å². The molecule has 0 aliphatic carbocycles. The Balaban J connectivity index is 3.70. The average molecular weight is 338 g/mol. The van der Waals surface area contributed by atoms with Crippen LogP contribution in [0.1, 0.15) is 55.3 Å². The van der Waals surface area contributed by atoms with Gasteiger partial charge in [-0.2, -0.15) is 0 Å². The number of ether oxygens (including phenoxy) is 4. The van der Waals surface area contributed by atoms with Crippen molar-refractivity contribution in [3.8, 4) is 0 Å². The summed E-state index contributed by atoms with van der Waals surface area (Å²) in [7, 11) is 2.24. The van der Waals surface area contributed by atoms with Crippen LogP contribution in [-0.2, 0) is 18.9 Å². The first-order chi connectivity index (χ1) is 11.4. The molecule has 0 bridgehead atoms. The Labute approximate surface area is 138 Å². The summed E-state index contributed by atoms with van der Waals surface area (Å²) in [5, 5.41) is 0. The first-order valence-corrected chi connectivity index (χ1v) is 7.10. The molecule has 8 heteroatoms. The number of methoxy groups -OCH3 is 2. The lowest BCUT2D eigenvalue weighted by Crippen LogP contribution is -2.21. The molecule has 8 nitrogen and oxygen atoms in total. The van der Waals surface area contributed by atoms with Gasteiger partial charge >= 0.3 is 23.9 Å². The second-order valence-corrected chi connectivity index (χ2v) is 4.37. The fraction of sp³-hybridized carbons (Fsp3) is 0.375. The molecule has 24 heavy (non-hydrogen) atoms. The van der Waals surface area contributed by atoms with Gasteiger partial charge in [0.1, 0.15) is 0 Å². The van der Waals surface area contributed by atoms with Crippen LogP contribution in [0.5, 0.6) is 0 Å². The van der Waals surface area contributed by atoms with E-state index in [1.807, 2.05) is 0 Å². The number of benzene rings is 1. The van der Waals surface area contributed by atoms with Crippen molar-refractivity contribution in [2.24, 2.45) is 0 Å². The molecule has 130 valence electrons. The molecule has 0 heterocycles. The smallest absolute Gasteiger partial charge is 0.339 e. The molecule has 1 aromatic rings. The fourth-order valence-electron chi connectivity index (χ4n) is 1.94. The lowest BCUT2D eigenvalue weighted by molar-refractivity contribution is 0.0486. The van der Waals surface area contributed by atoms with Gasteiger partial charge < -0.3 is 18.9 Å². The van der Waals surface area contributed by atoms with Crippen molar-refractivity contribution in [2.45, 2.75) is 13.8 Å². The van der Waals surface area contributed by atoms with E-state index in [1.54, 1.807) is 13.8 Å². The van der Waals surface area contributed by atoms with Crippen LogP contribution < -0.4 is 0 Å². The molecular weight excluding hydrogens is 320 g/mol. The summed E-state index contributed by atoms with van der Waals surface area (Å²) in [6, 6.07) is 2.22. The zero-order chi connectivity index (χ0) is 18.3. The lowest BCUT2D eigenvalue weighted by Gasteiger charge is -2.13. The summed E-state index contributed by atoms with van der Waals surface area (Å²) in [6.45, 7) is 3.23. The summed E-state index contributed by atoms with van der Waals surface area (Å²) >= 11 is 0. The van der Waals surface area contributed by atoms with E-state index in [0.29, 0.717) is 0 Å². The maximum Gasteiger partial charge on any atom is 0.339 e. The third kappa shape index (κ3) is 4.09. The number of hydrogen-bond donors (Lipinski definition) is 0. The molecule has 1 rings (SSSR count). The Morgan fingerprint density at radius 1 is 0.750 bits per heavy atom. The van der Waals surface area contributed by atoms with E-state index in [4.69, 9.17) is 9.47 Å². The van der Waals surface area contributed by atoms with Gasteiger partial charge in [-0.3, -0.25) is 0 Å². The van der Waals surface area contributed by atoms with Gasteiger partial charge in [0.05, 0.1) is 49.7 Å². The van der Waals surface area contributed by atoms with Crippen LogP contribution in [0.15, 0.2) is 12.1 Å². The van der Waals surface area contributed by atoms with Gasteiger partial charge in [-0.15, -0.1) is 0 Å². The van der Waals surface area contributed by atoms with Crippen LogP contribution in [-0.4, -0.2) is 51.3 Å².